The molecule has 0 bridgehead atoms. The lowest BCUT2D eigenvalue weighted by atomic mass is 9.91. The summed E-state index contributed by atoms with van der Waals surface area (Å²) in [5.41, 5.74) is -0.598. The number of rotatable bonds is 5. The lowest BCUT2D eigenvalue weighted by Crippen LogP contribution is -2.55. The first-order chi connectivity index (χ1) is 9.65. The first-order valence-corrected chi connectivity index (χ1v) is 6.90. The zero-order valence-electron chi connectivity index (χ0n) is 11.1. The van der Waals surface area contributed by atoms with E-state index in [-0.39, 0.29) is 19.1 Å². The summed E-state index contributed by atoms with van der Waals surface area (Å²) < 4.78 is 10.6. The molecule has 1 fully saturated rings. The van der Waals surface area contributed by atoms with E-state index in [1.165, 1.54) is 0 Å². The first kappa shape index (κ1) is 15.1. The van der Waals surface area contributed by atoms with Crippen molar-refractivity contribution in [2.75, 3.05) is 26.4 Å². The summed E-state index contributed by atoms with van der Waals surface area (Å²) in [5, 5.41) is 12.8. The molecular formula is C14H18ClNO4. The Balaban J connectivity index is 1.87. The minimum atomic E-state index is -0.598. The molecule has 0 aromatic heterocycles. The van der Waals surface area contributed by atoms with Crippen molar-refractivity contribution in [2.45, 2.75) is 18.4 Å². The molecule has 5 nitrogen and oxygen atoms in total. The number of hydrogen-bond donors (Lipinski definition) is 2. The third kappa shape index (κ3) is 3.85. The smallest absolute Gasteiger partial charge is 0.258 e. The number of hydrogen-bond acceptors (Lipinski definition) is 4. The van der Waals surface area contributed by atoms with Crippen molar-refractivity contribution in [1.29, 1.82) is 0 Å². The molecule has 1 aliphatic heterocycles. The summed E-state index contributed by atoms with van der Waals surface area (Å²) in [6.45, 7) is 0.832. The van der Waals surface area contributed by atoms with Gasteiger partial charge in [-0.15, -0.1) is 0 Å². The van der Waals surface area contributed by atoms with Gasteiger partial charge >= 0.3 is 0 Å². The number of aliphatic hydroxyl groups excluding tert-OH is 1. The Morgan fingerprint density at radius 1 is 1.40 bits per heavy atom. The van der Waals surface area contributed by atoms with Gasteiger partial charge in [0.05, 0.1) is 17.2 Å². The molecule has 0 saturated carbocycles. The van der Waals surface area contributed by atoms with E-state index in [1.807, 2.05) is 0 Å². The maximum Gasteiger partial charge on any atom is 0.258 e. The molecule has 0 atom stereocenters. The van der Waals surface area contributed by atoms with Crippen LogP contribution in [0.15, 0.2) is 24.3 Å². The van der Waals surface area contributed by atoms with Gasteiger partial charge in [-0.3, -0.25) is 4.79 Å². The van der Waals surface area contributed by atoms with Crippen molar-refractivity contribution in [1.82, 2.24) is 5.32 Å². The highest BCUT2D eigenvalue weighted by Gasteiger charge is 2.33. The van der Waals surface area contributed by atoms with Gasteiger partial charge in [-0.05, 0) is 25.0 Å². The molecule has 0 aliphatic carbocycles. The average Bonchev–Trinajstić information content (AvgIpc) is 2.47. The van der Waals surface area contributed by atoms with Crippen LogP contribution in [-0.4, -0.2) is 43.0 Å². The lowest BCUT2D eigenvalue weighted by Gasteiger charge is -2.36. The molecule has 20 heavy (non-hydrogen) atoms. The second-order valence-electron chi connectivity index (χ2n) is 4.82. The van der Waals surface area contributed by atoms with Gasteiger partial charge in [-0.25, -0.2) is 0 Å². The van der Waals surface area contributed by atoms with Gasteiger partial charge in [0.15, 0.2) is 6.61 Å². The maximum absolute atomic E-state index is 11.9. The molecule has 1 heterocycles. The molecule has 0 spiro atoms. The predicted octanol–water partition coefficient (Wildman–Crippen LogP) is 1.38. The SMILES string of the molecule is O=C(COc1ccccc1Cl)NC1(CO)CCOCC1. The van der Waals surface area contributed by atoms with Crippen molar-refractivity contribution in [3.63, 3.8) is 0 Å². The summed E-state index contributed by atoms with van der Waals surface area (Å²) in [5.74, 6) is 0.190. The Hall–Kier alpha value is -1.30. The molecule has 1 aromatic rings. The van der Waals surface area contributed by atoms with E-state index in [2.05, 4.69) is 5.32 Å². The van der Waals surface area contributed by atoms with Crippen LogP contribution in [0.4, 0.5) is 0 Å². The van der Waals surface area contributed by atoms with Crippen molar-refractivity contribution in [2.24, 2.45) is 0 Å². The molecule has 1 saturated heterocycles. The van der Waals surface area contributed by atoms with Gasteiger partial charge in [0, 0.05) is 13.2 Å². The Bertz CT molecular complexity index is 460. The topological polar surface area (TPSA) is 67.8 Å². The van der Waals surface area contributed by atoms with E-state index in [0.717, 1.165) is 0 Å². The number of ether oxygens (including phenoxy) is 2. The second-order valence-corrected chi connectivity index (χ2v) is 5.23. The molecule has 2 N–H and O–H groups in total. The average molecular weight is 300 g/mol. The molecule has 110 valence electrons. The van der Waals surface area contributed by atoms with Gasteiger partial charge in [0.25, 0.3) is 5.91 Å². The third-order valence-electron chi connectivity index (χ3n) is 3.35. The zero-order valence-corrected chi connectivity index (χ0v) is 11.9. The minimum Gasteiger partial charge on any atom is -0.482 e. The van der Waals surface area contributed by atoms with Crippen molar-refractivity contribution < 1.29 is 19.4 Å². The third-order valence-corrected chi connectivity index (χ3v) is 3.66. The summed E-state index contributed by atoms with van der Waals surface area (Å²) in [6, 6.07) is 6.97. The number of para-hydroxylation sites is 1. The highest BCUT2D eigenvalue weighted by Crippen LogP contribution is 2.23. The number of aliphatic hydroxyl groups is 1. The van der Waals surface area contributed by atoms with Gasteiger partial charge in [-0.2, -0.15) is 0 Å². The van der Waals surface area contributed by atoms with Crippen LogP contribution in [0.1, 0.15) is 12.8 Å². The number of carbonyl (C=O) groups is 1. The summed E-state index contributed by atoms with van der Waals surface area (Å²) >= 11 is 5.94. The van der Waals surface area contributed by atoms with Crippen molar-refractivity contribution in [3.05, 3.63) is 29.3 Å². The lowest BCUT2D eigenvalue weighted by molar-refractivity contribution is -0.127. The van der Waals surface area contributed by atoms with Crippen molar-refractivity contribution in [3.8, 4) is 5.75 Å². The molecule has 1 aliphatic rings. The van der Waals surface area contributed by atoms with Crippen LogP contribution in [0.25, 0.3) is 0 Å². The number of nitrogens with one attached hydrogen (secondary N) is 1. The summed E-state index contributed by atoms with van der Waals surface area (Å²) in [4.78, 5) is 11.9. The molecule has 0 radical (unpaired) electrons. The Kier molecular flexibility index (Phi) is 5.23. The van der Waals surface area contributed by atoms with E-state index in [0.29, 0.717) is 36.8 Å². The standard InChI is InChI=1S/C14H18ClNO4/c15-11-3-1-2-4-12(11)20-9-13(18)16-14(10-17)5-7-19-8-6-14/h1-4,17H,5-10H2,(H,16,18). The van der Waals surface area contributed by atoms with Gasteiger partial charge in [0.1, 0.15) is 5.75 Å². The minimum absolute atomic E-state index is 0.103. The van der Waals surface area contributed by atoms with E-state index in [4.69, 9.17) is 21.1 Å². The normalized spacial score (nSPS) is 17.5. The summed E-state index contributed by atoms with van der Waals surface area (Å²) in [7, 11) is 0. The molecule has 0 unspecified atom stereocenters. The fourth-order valence-corrected chi connectivity index (χ4v) is 2.31. The number of halogens is 1. The monoisotopic (exact) mass is 299 g/mol. The molecular weight excluding hydrogens is 282 g/mol. The predicted molar refractivity (Wildman–Crippen MR) is 75.0 cm³/mol. The first-order valence-electron chi connectivity index (χ1n) is 6.52. The zero-order chi connectivity index (χ0) is 14.4. The molecule has 6 heteroatoms. The Labute approximate surface area is 122 Å². The van der Waals surface area contributed by atoms with Gasteiger partial charge in [-0.1, -0.05) is 23.7 Å². The van der Waals surface area contributed by atoms with Crippen LogP contribution in [0.3, 0.4) is 0 Å². The van der Waals surface area contributed by atoms with Gasteiger partial charge < -0.3 is 19.9 Å². The number of carbonyl (C=O) groups excluding carboxylic acids is 1. The maximum atomic E-state index is 11.9. The quantitative estimate of drug-likeness (QED) is 0.862. The van der Waals surface area contributed by atoms with E-state index >= 15 is 0 Å². The van der Waals surface area contributed by atoms with E-state index in [1.54, 1.807) is 24.3 Å². The molecule has 1 aromatic carbocycles. The van der Waals surface area contributed by atoms with Crippen LogP contribution >= 0.6 is 11.6 Å². The van der Waals surface area contributed by atoms with Crippen LogP contribution < -0.4 is 10.1 Å². The fraction of sp³-hybridized carbons (Fsp3) is 0.500. The van der Waals surface area contributed by atoms with Crippen LogP contribution in [0, 0.1) is 0 Å². The van der Waals surface area contributed by atoms with Crippen LogP contribution in [0.2, 0.25) is 5.02 Å². The number of amides is 1. The van der Waals surface area contributed by atoms with E-state index in [9.17, 15) is 9.90 Å². The van der Waals surface area contributed by atoms with Gasteiger partial charge in [0.2, 0.25) is 0 Å². The fourth-order valence-electron chi connectivity index (χ4n) is 2.12. The number of benzene rings is 1. The largest absolute Gasteiger partial charge is 0.482 e. The highest BCUT2D eigenvalue weighted by molar-refractivity contribution is 6.32. The van der Waals surface area contributed by atoms with E-state index < -0.39 is 5.54 Å². The Morgan fingerprint density at radius 2 is 2.10 bits per heavy atom. The van der Waals surface area contributed by atoms with Crippen LogP contribution in [-0.2, 0) is 9.53 Å². The Morgan fingerprint density at radius 3 is 2.75 bits per heavy atom. The molecule has 1 amide bonds. The van der Waals surface area contributed by atoms with Crippen molar-refractivity contribution >= 4 is 17.5 Å². The highest BCUT2D eigenvalue weighted by atomic mass is 35.5. The molecule has 2 rings (SSSR count). The second kappa shape index (κ2) is 6.92. The summed E-state index contributed by atoms with van der Waals surface area (Å²) in [6.07, 6.45) is 1.20. The van der Waals surface area contributed by atoms with Crippen LogP contribution in [0.5, 0.6) is 5.75 Å².